The van der Waals surface area contributed by atoms with Gasteiger partial charge in [-0.1, -0.05) is 37.6 Å². The minimum atomic E-state index is 0.715. The largest absolute Gasteiger partial charge is 0.316 e. The molecule has 0 aromatic heterocycles. The Bertz CT molecular complexity index is 317. The Morgan fingerprint density at radius 3 is 2.69 bits per heavy atom. The zero-order valence-electron chi connectivity index (χ0n) is 11.1. The summed E-state index contributed by atoms with van der Waals surface area (Å²) in [6.45, 7) is 11.2. The molecule has 0 saturated carbocycles. The molecule has 0 saturated heterocycles. The molecule has 90 valence electrons. The van der Waals surface area contributed by atoms with Crippen molar-refractivity contribution in [1.82, 2.24) is 5.32 Å². The van der Waals surface area contributed by atoms with Crippen molar-refractivity contribution < 1.29 is 0 Å². The first kappa shape index (κ1) is 13.2. The van der Waals surface area contributed by atoms with Gasteiger partial charge in [-0.25, -0.2) is 0 Å². The molecule has 1 nitrogen and oxygen atoms in total. The van der Waals surface area contributed by atoms with Crippen molar-refractivity contribution in [3.63, 3.8) is 0 Å². The van der Waals surface area contributed by atoms with Crippen LogP contribution in [0.1, 0.15) is 37.0 Å². The number of nitrogens with one attached hydrogen (secondary N) is 1. The zero-order chi connectivity index (χ0) is 12.0. The highest BCUT2D eigenvalue weighted by Gasteiger charge is 2.05. The maximum Gasteiger partial charge on any atom is -0.00200 e. The van der Waals surface area contributed by atoms with Crippen LogP contribution in [-0.4, -0.2) is 13.1 Å². The second-order valence-corrected chi connectivity index (χ2v) is 4.94. The lowest BCUT2D eigenvalue weighted by atomic mass is 9.96. The fourth-order valence-electron chi connectivity index (χ4n) is 1.99. The predicted molar refractivity (Wildman–Crippen MR) is 71.9 cm³/mol. The molecule has 1 unspecified atom stereocenters. The van der Waals surface area contributed by atoms with Crippen molar-refractivity contribution in [2.24, 2.45) is 5.92 Å². The van der Waals surface area contributed by atoms with Gasteiger partial charge >= 0.3 is 0 Å². The zero-order valence-corrected chi connectivity index (χ0v) is 11.1. The molecule has 0 aliphatic rings. The van der Waals surface area contributed by atoms with E-state index in [1.807, 2.05) is 0 Å². The smallest absolute Gasteiger partial charge is 0.00200 e. The second-order valence-electron chi connectivity index (χ2n) is 4.94. The van der Waals surface area contributed by atoms with Crippen LogP contribution in [0.15, 0.2) is 18.2 Å². The van der Waals surface area contributed by atoms with Crippen molar-refractivity contribution in [1.29, 1.82) is 0 Å². The molecular weight excluding hydrogens is 194 g/mol. The van der Waals surface area contributed by atoms with Crippen LogP contribution in [0.2, 0.25) is 0 Å². The van der Waals surface area contributed by atoms with Gasteiger partial charge in [0.05, 0.1) is 0 Å². The van der Waals surface area contributed by atoms with E-state index >= 15 is 0 Å². The molecule has 0 amide bonds. The van der Waals surface area contributed by atoms with Gasteiger partial charge in [-0.15, -0.1) is 0 Å². The summed E-state index contributed by atoms with van der Waals surface area (Å²) in [6, 6.07) is 6.75. The molecule has 1 heteroatoms. The lowest BCUT2D eigenvalue weighted by Gasteiger charge is -2.14. The molecule has 0 heterocycles. The van der Waals surface area contributed by atoms with Crippen LogP contribution in [0.25, 0.3) is 0 Å². The Labute approximate surface area is 100 Å². The summed E-state index contributed by atoms with van der Waals surface area (Å²) in [5, 5.41) is 3.49. The van der Waals surface area contributed by atoms with Crippen molar-refractivity contribution in [3.05, 3.63) is 34.9 Å². The van der Waals surface area contributed by atoms with Gasteiger partial charge in [0.25, 0.3) is 0 Å². The van der Waals surface area contributed by atoms with Gasteiger partial charge in [-0.05, 0) is 56.8 Å². The van der Waals surface area contributed by atoms with Crippen molar-refractivity contribution >= 4 is 0 Å². The van der Waals surface area contributed by atoms with Crippen LogP contribution in [0.3, 0.4) is 0 Å². The average Bonchev–Trinajstić information content (AvgIpc) is 2.24. The molecule has 0 fully saturated rings. The first-order valence-electron chi connectivity index (χ1n) is 6.40. The topological polar surface area (TPSA) is 12.0 Å². The molecule has 0 aliphatic carbocycles. The van der Waals surface area contributed by atoms with E-state index in [0.29, 0.717) is 5.92 Å². The summed E-state index contributed by atoms with van der Waals surface area (Å²) in [5.41, 5.74) is 4.30. The summed E-state index contributed by atoms with van der Waals surface area (Å²) in [6.07, 6.45) is 2.40. The maximum atomic E-state index is 3.49. The highest BCUT2D eigenvalue weighted by Crippen LogP contribution is 2.15. The molecule has 1 rings (SSSR count). The van der Waals surface area contributed by atoms with E-state index in [4.69, 9.17) is 0 Å². The number of hydrogen-bond donors (Lipinski definition) is 1. The Hall–Kier alpha value is -0.820. The average molecular weight is 219 g/mol. The maximum absolute atomic E-state index is 3.49. The van der Waals surface area contributed by atoms with Gasteiger partial charge < -0.3 is 5.32 Å². The van der Waals surface area contributed by atoms with Crippen LogP contribution in [0.4, 0.5) is 0 Å². The minimum Gasteiger partial charge on any atom is -0.316 e. The third-order valence-electron chi connectivity index (χ3n) is 2.99. The molecule has 0 bridgehead atoms. The fraction of sp³-hybridized carbons (Fsp3) is 0.600. The van der Waals surface area contributed by atoms with Crippen LogP contribution >= 0.6 is 0 Å². The van der Waals surface area contributed by atoms with Gasteiger partial charge in [-0.3, -0.25) is 0 Å². The summed E-state index contributed by atoms with van der Waals surface area (Å²) < 4.78 is 0. The van der Waals surface area contributed by atoms with E-state index < -0.39 is 0 Å². The first-order chi connectivity index (χ1) is 7.63. The van der Waals surface area contributed by atoms with E-state index in [-0.39, 0.29) is 0 Å². The third kappa shape index (κ3) is 4.36. The second kappa shape index (κ2) is 6.70. The van der Waals surface area contributed by atoms with E-state index in [2.05, 4.69) is 51.2 Å². The summed E-state index contributed by atoms with van der Waals surface area (Å²) in [4.78, 5) is 0. The van der Waals surface area contributed by atoms with Gasteiger partial charge in [0.1, 0.15) is 0 Å². The Kier molecular flexibility index (Phi) is 5.54. The lowest BCUT2D eigenvalue weighted by Crippen LogP contribution is -2.23. The summed E-state index contributed by atoms with van der Waals surface area (Å²) in [7, 11) is 0. The van der Waals surface area contributed by atoms with E-state index in [0.717, 1.165) is 13.1 Å². The lowest BCUT2D eigenvalue weighted by molar-refractivity contribution is 0.510. The van der Waals surface area contributed by atoms with Crippen LogP contribution in [0.5, 0.6) is 0 Å². The molecule has 1 atom stereocenters. The summed E-state index contributed by atoms with van der Waals surface area (Å²) >= 11 is 0. The van der Waals surface area contributed by atoms with Crippen LogP contribution in [-0.2, 0) is 6.42 Å². The van der Waals surface area contributed by atoms with Crippen molar-refractivity contribution in [2.75, 3.05) is 13.1 Å². The molecule has 0 spiro atoms. The molecule has 0 radical (unpaired) electrons. The van der Waals surface area contributed by atoms with E-state index in [1.165, 1.54) is 29.5 Å². The highest BCUT2D eigenvalue weighted by atomic mass is 14.8. The molecule has 1 N–H and O–H groups in total. The molecular formula is C15H25N. The predicted octanol–water partition coefficient (Wildman–Crippen LogP) is 3.48. The van der Waals surface area contributed by atoms with Crippen LogP contribution in [0, 0.1) is 19.8 Å². The molecule has 0 aliphatic heterocycles. The van der Waals surface area contributed by atoms with Gasteiger partial charge in [0, 0.05) is 0 Å². The molecule has 16 heavy (non-hydrogen) atoms. The van der Waals surface area contributed by atoms with Crippen molar-refractivity contribution in [2.45, 2.75) is 40.5 Å². The summed E-state index contributed by atoms with van der Waals surface area (Å²) in [5.74, 6) is 0.715. The standard InChI is InChI=1S/C15H25N/c1-5-8-16-11-13(3)10-15-9-12(2)6-7-14(15)4/h6-7,9,13,16H,5,8,10-11H2,1-4H3. The van der Waals surface area contributed by atoms with Gasteiger partial charge in [-0.2, -0.15) is 0 Å². The number of hydrogen-bond acceptors (Lipinski definition) is 1. The van der Waals surface area contributed by atoms with E-state index in [9.17, 15) is 0 Å². The number of rotatable bonds is 6. The minimum absolute atomic E-state index is 0.715. The monoisotopic (exact) mass is 219 g/mol. The SMILES string of the molecule is CCCNCC(C)Cc1cc(C)ccc1C. The molecule has 1 aromatic rings. The van der Waals surface area contributed by atoms with Crippen molar-refractivity contribution in [3.8, 4) is 0 Å². The Balaban J connectivity index is 2.48. The van der Waals surface area contributed by atoms with Gasteiger partial charge in [0.15, 0.2) is 0 Å². The number of aryl methyl sites for hydroxylation is 2. The number of benzene rings is 1. The van der Waals surface area contributed by atoms with E-state index in [1.54, 1.807) is 0 Å². The van der Waals surface area contributed by atoms with Gasteiger partial charge in [0.2, 0.25) is 0 Å². The normalized spacial score (nSPS) is 12.8. The third-order valence-corrected chi connectivity index (χ3v) is 2.99. The Morgan fingerprint density at radius 1 is 1.25 bits per heavy atom. The highest BCUT2D eigenvalue weighted by molar-refractivity contribution is 5.30. The quantitative estimate of drug-likeness (QED) is 0.722. The first-order valence-corrected chi connectivity index (χ1v) is 6.40. The fourth-order valence-corrected chi connectivity index (χ4v) is 1.99. The molecule has 1 aromatic carbocycles. The van der Waals surface area contributed by atoms with Crippen LogP contribution < -0.4 is 5.32 Å². The Morgan fingerprint density at radius 2 is 2.00 bits per heavy atom.